The highest BCUT2D eigenvalue weighted by Gasteiger charge is 2.62. The highest BCUT2D eigenvalue weighted by atomic mass is 16.4. The number of likely N-dealkylation sites (tertiary alicyclic amines) is 1. The topological polar surface area (TPSA) is 98.7 Å². The molecule has 0 aromatic carbocycles. The minimum absolute atomic E-state index is 0.203. The molecule has 7 heteroatoms. The summed E-state index contributed by atoms with van der Waals surface area (Å²) in [5.74, 6) is -0.743. The number of nitrogens with one attached hydrogen (secondary N) is 2. The van der Waals surface area contributed by atoms with Gasteiger partial charge in [0.25, 0.3) is 0 Å². The zero-order valence-electron chi connectivity index (χ0n) is 16.2. The first kappa shape index (κ1) is 20.3. The molecule has 7 nitrogen and oxygen atoms in total. The molecule has 3 unspecified atom stereocenters. The number of amides is 3. The monoisotopic (exact) mass is 365 g/mol. The van der Waals surface area contributed by atoms with Gasteiger partial charge in [-0.15, -0.1) is 6.58 Å². The molecule has 3 N–H and O–H groups in total. The molecular weight excluding hydrogens is 334 g/mol. The van der Waals surface area contributed by atoms with E-state index in [1.807, 2.05) is 20.8 Å². The average molecular weight is 365 g/mol. The van der Waals surface area contributed by atoms with E-state index in [9.17, 15) is 19.5 Å². The van der Waals surface area contributed by atoms with Crippen LogP contribution in [0.15, 0.2) is 12.7 Å². The van der Waals surface area contributed by atoms with E-state index >= 15 is 0 Å². The van der Waals surface area contributed by atoms with Crippen LogP contribution in [0, 0.1) is 5.92 Å². The van der Waals surface area contributed by atoms with Crippen LogP contribution in [0.25, 0.3) is 0 Å². The van der Waals surface area contributed by atoms with Crippen LogP contribution >= 0.6 is 0 Å². The average Bonchev–Trinajstić information content (AvgIpc) is 3.00. The van der Waals surface area contributed by atoms with Crippen LogP contribution in [-0.4, -0.2) is 51.1 Å². The lowest BCUT2D eigenvalue weighted by Gasteiger charge is -2.38. The van der Waals surface area contributed by atoms with Crippen molar-refractivity contribution in [2.45, 2.75) is 76.4 Å². The maximum Gasteiger partial charge on any atom is 0.407 e. The van der Waals surface area contributed by atoms with Gasteiger partial charge in [0.15, 0.2) is 0 Å². The van der Waals surface area contributed by atoms with Crippen molar-refractivity contribution in [3.63, 3.8) is 0 Å². The third kappa shape index (κ3) is 3.71. The highest BCUT2D eigenvalue weighted by molar-refractivity contribution is 5.92. The summed E-state index contributed by atoms with van der Waals surface area (Å²) < 4.78 is 0. The van der Waals surface area contributed by atoms with E-state index in [1.165, 1.54) is 11.8 Å². The van der Waals surface area contributed by atoms with Gasteiger partial charge in [0.1, 0.15) is 5.54 Å². The van der Waals surface area contributed by atoms with Gasteiger partial charge in [0.05, 0.1) is 0 Å². The van der Waals surface area contributed by atoms with E-state index in [-0.39, 0.29) is 17.7 Å². The van der Waals surface area contributed by atoms with E-state index in [4.69, 9.17) is 0 Å². The first-order chi connectivity index (χ1) is 12.0. The van der Waals surface area contributed by atoms with E-state index in [0.717, 1.165) is 6.42 Å². The van der Waals surface area contributed by atoms with Crippen molar-refractivity contribution in [1.29, 1.82) is 0 Å². The van der Waals surface area contributed by atoms with Gasteiger partial charge in [0, 0.05) is 31.0 Å². The number of carbonyl (C=O) groups excluding carboxylic acids is 2. The molecule has 0 aromatic rings. The fraction of sp³-hybridized carbons (Fsp3) is 0.737. The molecule has 2 aliphatic rings. The standard InChI is InChI=1S/C19H31N3O4/c1-6-8-14-11-18(9-7-10-22(18)16(25)26)12-19(14,20-13(2)23)15(24)21-17(3,4)5/h6,14H,1,7-12H2,2-5H3,(H,20,23)(H,21,24)(H,25,26). The summed E-state index contributed by atoms with van der Waals surface area (Å²) >= 11 is 0. The van der Waals surface area contributed by atoms with Gasteiger partial charge in [-0.25, -0.2) is 4.79 Å². The normalized spacial score (nSPS) is 31.1. The van der Waals surface area contributed by atoms with Crippen LogP contribution < -0.4 is 10.6 Å². The predicted octanol–water partition coefficient (Wildman–Crippen LogP) is 2.27. The van der Waals surface area contributed by atoms with Gasteiger partial charge < -0.3 is 20.6 Å². The van der Waals surface area contributed by atoms with Gasteiger partial charge >= 0.3 is 6.09 Å². The summed E-state index contributed by atoms with van der Waals surface area (Å²) in [6.07, 6.45) is 3.63. The first-order valence-corrected chi connectivity index (χ1v) is 9.19. The molecule has 0 bridgehead atoms. The summed E-state index contributed by atoms with van der Waals surface area (Å²) in [6, 6.07) is 0. The predicted molar refractivity (Wildman–Crippen MR) is 98.7 cm³/mol. The van der Waals surface area contributed by atoms with E-state index in [2.05, 4.69) is 17.2 Å². The molecule has 3 atom stereocenters. The Balaban J connectivity index is 2.49. The Morgan fingerprint density at radius 2 is 2.00 bits per heavy atom. The van der Waals surface area contributed by atoms with Crippen molar-refractivity contribution in [3.8, 4) is 0 Å². The molecule has 1 aliphatic carbocycles. The Morgan fingerprint density at radius 3 is 2.50 bits per heavy atom. The molecule has 1 saturated heterocycles. The second-order valence-electron chi connectivity index (χ2n) is 8.72. The van der Waals surface area contributed by atoms with Crippen LogP contribution in [0.5, 0.6) is 0 Å². The molecule has 146 valence electrons. The Morgan fingerprint density at radius 1 is 1.35 bits per heavy atom. The highest BCUT2D eigenvalue weighted by Crippen LogP contribution is 2.52. The van der Waals surface area contributed by atoms with Crippen molar-refractivity contribution in [3.05, 3.63) is 12.7 Å². The summed E-state index contributed by atoms with van der Waals surface area (Å²) in [5.41, 5.74) is -2.21. The summed E-state index contributed by atoms with van der Waals surface area (Å²) in [4.78, 5) is 38.5. The number of allylic oxidation sites excluding steroid dienone is 1. The van der Waals surface area contributed by atoms with Gasteiger partial charge in [-0.1, -0.05) is 6.08 Å². The summed E-state index contributed by atoms with van der Waals surface area (Å²) in [6.45, 7) is 11.3. The SMILES string of the molecule is C=CCC1CC2(CCCN2C(=O)O)CC1(NC(C)=O)C(=O)NC(C)(C)C. The lowest BCUT2D eigenvalue weighted by Crippen LogP contribution is -2.64. The smallest absolute Gasteiger partial charge is 0.407 e. The zero-order valence-corrected chi connectivity index (χ0v) is 16.2. The number of nitrogens with zero attached hydrogens (tertiary/aromatic N) is 1. The minimum Gasteiger partial charge on any atom is -0.465 e. The molecule has 2 fully saturated rings. The van der Waals surface area contributed by atoms with Crippen molar-refractivity contribution < 1.29 is 19.5 Å². The van der Waals surface area contributed by atoms with E-state index in [0.29, 0.717) is 32.2 Å². The van der Waals surface area contributed by atoms with Gasteiger partial charge in [-0.2, -0.15) is 0 Å². The van der Waals surface area contributed by atoms with Crippen LogP contribution in [-0.2, 0) is 9.59 Å². The van der Waals surface area contributed by atoms with Gasteiger partial charge in [-0.05, 0) is 52.4 Å². The lowest BCUT2D eigenvalue weighted by molar-refractivity contribution is -0.136. The first-order valence-electron chi connectivity index (χ1n) is 9.19. The lowest BCUT2D eigenvalue weighted by atomic mass is 9.82. The maximum absolute atomic E-state index is 13.3. The number of carboxylic acid groups (broad SMARTS) is 1. The number of rotatable bonds is 4. The zero-order chi connectivity index (χ0) is 19.8. The van der Waals surface area contributed by atoms with Crippen LogP contribution in [0.3, 0.4) is 0 Å². The van der Waals surface area contributed by atoms with Crippen molar-refractivity contribution in [2.24, 2.45) is 5.92 Å². The molecule has 1 saturated carbocycles. The second-order valence-corrected chi connectivity index (χ2v) is 8.72. The Labute approximate surface area is 155 Å². The molecule has 2 rings (SSSR count). The fourth-order valence-electron chi connectivity index (χ4n) is 4.72. The van der Waals surface area contributed by atoms with Crippen LogP contribution in [0.4, 0.5) is 4.79 Å². The largest absolute Gasteiger partial charge is 0.465 e. The molecule has 0 radical (unpaired) electrons. The number of hydrogen-bond acceptors (Lipinski definition) is 3. The quantitative estimate of drug-likeness (QED) is 0.666. The number of carbonyl (C=O) groups is 3. The molecule has 26 heavy (non-hydrogen) atoms. The van der Waals surface area contributed by atoms with Crippen molar-refractivity contribution in [2.75, 3.05) is 6.54 Å². The Hall–Kier alpha value is -2.05. The summed E-state index contributed by atoms with van der Waals surface area (Å²) in [5, 5.41) is 15.5. The third-order valence-corrected chi connectivity index (χ3v) is 5.50. The molecule has 1 spiro atoms. The van der Waals surface area contributed by atoms with Crippen molar-refractivity contribution >= 4 is 17.9 Å². The molecule has 1 heterocycles. The minimum atomic E-state index is -1.13. The fourth-order valence-corrected chi connectivity index (χ4v) is 4.72. The van der Waals surface area contributed by atoms with Gasteiger partial charge in [-0.3, -0.25) is 9.59 Å². The van der Waals surface area contributed by atoms with Gasteiger partial charge in [0.2, 0.25) is 11.8 Å². The number of hydrogen-bond donors (Lipinski definition) is 3. The van der Waals surface area contributed by atoms with E-state index < -0.39 is 22.7 Å². The molecule has 0 aromatic heterocycles. The van der Waals surface area contributed by atoms with E-state index in [1.54, 1.807) is 6.08 Å². The maximum atomic E-state index is 13.3. The second kappa shape index (κ2) is 6.93. The molecular formula is C19H31N3O4. The molecule has 3 amide bonds. The van der Waals surface area contributed by atoms with Crippen molar-refractivity contribution in [1.82, 2.24) is 15.5 Å². The molecule has 1 aliphatic heterocycles. The van der Waals surface area contributed by atoms with Crippen LogP contribution in [0.2, 0.25) is 0 Å². The third-order valence-electron chi connectivity index (χ3n) is 5.50. The van der Waals surface area contributed by atoms with Crippen LogP contribution in [0.1, 0.15) is 59.8 Å². The Kier molecular flexibility index (Phi) is 5.40. The summed E-state index contributed by atoms with van der Waals surface area (Å²) in [7, 11) is 0. The Bertz CT molecular complexity index is 612.